The number of benzene rings is 2. The molecule has 0 aliphatic carbocycles. The van der Waals surface area contributed by atoms with Crippen molar-refractivity contribution in [1.29, 1.82) is 0 Å². The van der Waals surface area contributed by atoms with Crippen LogP contribution < -0.4 is 5.32 Å². The molecular weight excluding hydrogens is 450 g/mol. The van der Waals surface area contributed by atoms with Crippen LogP contribution in [-0.4, -0.2) is 41.5 Å². The lowest BCUT2D eigenvalue weighted by Crippen LogP contribution is -2.41. The van der Waals surface area contributed by atoms with Gasteiger partial charge in [0.05, 0.1) is 12.2 Å². The Bertz CT molecular complexity index is 1250. The maximum Gasteiger partial charge on any atom is 0.246 e. The first-order valence-corrected chi connectivity index (χ1v) is 12.0. The number of nitrogens with zero attached hydrogens (tertiary/aromatic N) is 3. The predicted octanol–water partition coefficient (Wildman–Crippen LogP) is 3.56. The maximum atomic E-state index is 14.0. The van der Waals surface area contributed by atoms with E-state index in [0.29, 0.717) is 18.4 Å². The normalized spacial score (nSPS) is 15.5. The molecule has 0 radical (unpaired) electrons. The van der Waals surface area contributed by atoms with Gasteiger partial charge in [0.25, 0.3) is 0 Å². The number of halogens is 2. The van der Waals surface area contributed by atoms with Crippen molar-refractivity contribution in [3.63, 3.8) is 0 Å². The summed E-state index contributed by atoms with van der Waals surface area (Å²) in [7, 11) is -4.19. The fourth-order valence-corrected chi connectivity index (χ4v) is 5.47. The summed E-state index contributed by atoms with van der Waals surface area (Å²) >= 11 is 0. The molecule has 0 bridgehead atoms. The molecule has 7 nitrogen and oxygen atoms in total. The SMILES string of the molecule is Cc1cc(NC(=O)C2CCN(S(=O)(=O)c3cc(F)ccc3F)CC2)n(Cc2ccccc2)n1. The van der Waals surface area contributed by atoms with Crippen LogP contribution in [0, 0.1) is 24.5 Å². The monoisotopic (exact) mass is 474 g/mol. The quantitative estimate of drug-likeness (QED) is 0.592. The van der Waals surface area contributed by atoms with E-state index in [4.69, 9.17) is 0 Å². The molecule has 1 N–H and O–H groups in total. The van der Waals surface area contributed by atoms with E-state index < -0.39 is 32.5 Å². The Morgan fingerprint density at radius 1 is 1.09 bits per heavy atom. The number of amides is 1. The van der Waals surface area contributed by atoms with Crippen molar-refractivity contribution in [2.75, 3.05) is 18.4 Å². The molecule has 2 aromatic carbocycles. The summed E-state index contributed by atoms with van der Waals surface area (Å²) in [6, 6.07) is 13.9. The number of piperidine rings is 1. The molecule has 1 aliphatic heterocycles. The summed E-state index contributed by atoms with van der Waals surface area (Å²) in [4.78, 5) is 12.2. The van der Waals surface area contributed by atoms with Crippen LogP contribution in [0.5, 0.6) is 0 Å². The van der Waals surface area contributed by atoms with E-state index in [-0.39, 0.29) is 31.8 Å². The van der Waals surface area contributed by atoms with Crippen LogP contribution in [0.25, 0.3) is 0 Å². The number of carbonyl (C=O) groups is 1. The highest BCUT2D eigenvalue weighted by Crippen LogP contribution is 2.27. The van der Waals surface area contributed by atoms with E-state index >= 15 is 0 Å². The van der Waals surface area contributed by atoms with Gasteiger partial charge >= 0.3 is 0 Å². The van der Waals surface area contributed by atoms with Gasteiger partial charge in [-0.25, -0.2) is 21.9 Å². The second-order valence-electron chi connectivity index (χ2n) is 8.06. The second kappa shape index (κ2) is 9.40. The van der Waals surface area contributed by atoms with E-state index in [1.54, 1.807) is 10.7 Å². The van der Waals surface area contributed by atoms with Gasteiger partial charge in [-0.15, -0.1) is 0 Å². The lowest BCUT2D eigenvalue weighted by atomic mass is 9.97. The topological polar surface area (TPSA) is 84.3 Å². The number of rotatable bonds is 6. The summed E-state index contributed by atoms with van der Waals surface area (Å²) in [6.07, 6.45) is 0.543. The Labute approximate surface area is 191 Å². The van der Waals surface area contributed by atoms with Crippen LogP contribution in [0.2, 0.25) is 0 Å². The van der Waals surface area contributed by atoms with Crippen molar-refractivity contribution in [2.24, 2.45) is 5.92 Å². The zero-order chi connectivity index (χ0) is 23.6. The van der Waals surface area contributed by atoms with Gasteiger partial charge in [0.1, 0.15) is 22.3 Å². The molecule has 1 aromatic heterocycles. The van der Waals surface area contributed by atoms with Crippen molar-refractivity contribution in [3.05, 3.63) is 77.5 Å². The van der Waals surface area contributed by atoms with Crippen molar-refractivity contribution in [1.82, 2.24) is 14.1 Å². The number of nitrogens with one attached hydrogen (secondary N) is 1. The molecule has 0 saturated carbocycles. The van der Waals surface area contributed by atoms with Gasteiger partial charge in [-0.1, -0.05) is 30.3 Å². The molecule has 0 unspecified atom stereocenters. The van der Waals surface area contributed by atoms with E-state index in [1.807, 2.05) is 37.3 Å². The van der Waals surface area contributed by atoms with Crippen molar-refractivity contribution < 1.29 is 22.0 Å². The lowest BCUT2D eigenvalue weighted by Gasteiger charge is -2.30. The van der Waals surface area contributed by atoms with E-state index in [9.17, 15) is 22.0 Å². The van der Waals surface area contributed by atoms with Crippen LogP contribution in [0.4, 0.5) is 14.6 Å². The molecule has 1 amide bonds. The Morgan fingerprint density at radius 3 is 2.48 bits per heavy atom. The minimum absolute atomic E-state index is 0.0404. The second-order valence-corrected chi connectivity index (χ2v) is 9.96. The summed E-state index contributed by atoms with van der Waals surface area (Å²) in [5.74, 6) is -1.89. The van der Waals surface area contributed by atoms with Crippen LogP contribution in [-0.2, 0) is 21.4 Å². The van der Waals surface area contributed by atoms with Crippen LogP contribution >= 0.6 is 0 Å². The van der Waals surface area contributed by atoms with Crippen LogP contribution in [0.15, 0.2) is 59.5 Å². The molecule has 0 spiro atoms. The average molecular weight is 475 g/mol. The van der Waals surface area contributed by atoms with Gasteiger partial charge in [-0.05, 0) is 43.5 Å². The highest BCUT2D eigenvalue weighted by molar-refractivity contribution is 7.89. The number of aromatic nitrogens is 2. The predicted molar refractivity (Wildman–Crippen MR) is 119 cm³/mol. The molecular formula is C23H24F2N4O3S. The molecule has 10 heteroatoms. The highest BCUT2D eigenvalue weighted by Gasteiger charge is 2.34. The average Bonchev–Trinajstić information content (AvgIpc) is 3.14. The molecule has 2 heterocycles. The third kappa shape index (κ3) is 5.12. The number of carbonyl (C=O) groups excluding carboxylic acids is 1. The molecule has 0 atom stereocenters. The standard InChI is InChI=1S/C23H24F2N4O3S/c1-16-13-22(29(27-16)15-17-5-3-2-4-6-17)26-23(30)18-9-11-28(12-10-18)33(31,32)21-14-19(24)7-8-20(21)25/h2-8,13-14,18H,9-12,15H2,1H3,(H,26,30). The Morgan fingerprint density at radius 2 is 1.79 bits per heavy atom. The summed E-state index contributed by atoms with van der Waals surface area (Å²) in [6.45, 7) is 2.42. The number of aryl methyl sites for hydroxylation is 1. The zero-order valence-corrected chi connectivity index (χ0v) is 18.9. The zero-order valence-electron chi connectivity index (χ0n) is 18.0. The van der Waals surface area contributed by atoms with Crippen molar-refractivity contribution in [2.45, 2.75) is 31.2 Å². The molecule has 1 fully saturated rings. The van der Waals surface area contributed by atoms with Gasteiger partial charge in [-0.2, -0.15) is 9.40 Å². The fourth-order valence-electron chi connectivity index (χ4n) is 3.92. The molecule has 3 aromatic rings. The van der Waals surface area contributed by atoms with E-state index in [0.717, 1.165) is 27.7 Å². The summed E-state index contributed by atoms with van der Waals surface area (Å²) in [5.41, 5.74) is 1.80. The van der Waals surface area contributed by atoms with Crippen molar-refractivity contribution >= 4 is 21.7 Å². The van der Waals surface area contributed by atoms with Crippen LogP contribution in [0.1, 0.15) is 24.1 Å². The number of anilines is 1. The first kappa shape index (κ1) is 23.1. The lowest BCUT2D eigenvalue weighted by molar-refractivity contribution is -0.121. The number of hydrogen-bond donors (Lipinski definition) is 1. The first-order valence-electron chi connectivity index (χ1n) is 10.6. The molecule has 174 valence electrons. The molecule has 1 saturated heterocycles. The maximum absolute atomic E-state index is 14.0. The summed E-state index contributed by atoms with van der Waals surface area (Å²) in [5, 5.41) is 7.35. The van der Waals surface area contributed by atoms with Gasteiger partial charge in [-0.3, -0.25) is 4.79 Å². The highest BCUT2D eigenvalue weighted by atomic mass is 32.2. The van der Waals surface area contributed by atoms with Gasteiger partial charge < -0.3 is 5.32 Å². The largest absolute Gasteiger partial charge is 0.311 e. The molecule has 1 aliphatic rings. The minimum atomic E-state index is -4.19. The number of sulfonamides is 1. The summed E-state index contributed by atoms with van der Waals surface area (Å²) < 4.78 is 55.8. The minimum Gasteiger partial charge on any atom is -0.311 e. The number of hydrogen-bond acceptors (Lipinski definition) is 4. The molecule has 4 rings (SSSR count). The Kier molecular flexibility index (Phi) is 6.57. The Balaban J connectivity index is 1.41. The van der Waals surface area contributed by atoms with Gasteiger partial charge in [0.2, 0.25) is 15.9 Å². The van der Waals surface area contributed by atoms with E-state index in [2.05, 4.69) is 10.4 Å². The third-order valence-corrected chi connectivity index (χ3v) is 7.58. The Hall–Kier alpha value is -3.11. The van der Waals surface area contributed by atoms with Gasteiger partial charge in [0.15, 0.2) is 0 Å². The van der Waals surface area contributed by atoms with Crippen molar-refractivity contribution in [3.8, 4) is 0 Å². The molecule has 33 heavy (non-hydrogen) atoms. The third-order valence-electron chi connectivity index (χ3n) is 5.66. The van der Waals surface area contributed by atoms with Crippen LogP contribution in [0.3, 0.4) is 0 Å². The smallest absolute Gasteiger partial charge is 0.246 e. The first-order chi connectivity index (χ1) is 15.7. The van der Waals surface area contributed by atoms with E-state index in [1.165, 1.54) is 0 Å². The fraction of sp³-hybridized carbons (Fsp3) is 0.304. The van der Waals surface area contributed by atoms with Gasteiger partial charge in [0, 0.05) is 25.1 Å².